The van der Waals surface area contributed by atoms with E-state index in [4.69, 9.17) is 0 Å². The van der Waals surface area contributed by atoms with Crippen molar-refractivity contribution in [2.24, 2.45) is 7.05 Å². The van der Waals surface area contributed by atoms with E-state index >= 15 is 0 Å². The summed E-state index contributed by atoms with van der Waals surface area (Å²) in [6.45, 7) is 6.30. The fourth-order valence-electron chi connectivity index (χ4n) is 2.33. The fraction of sp³-hybridized carbons (Fsp3) is 0.353. The van der Waals surface area contributed by atoms with Gasteiger partial charge in [-0.3, -0.25) is 4.98 Å². The number of aryl methyl sites for hydroxylation is 1. The Balaban J connectivity index is 1.96. The van der Waals surface area contributed by atoms with Gasteiger partial charge in [0.15, 0.2) is 11.0 Å². The molecule has 0 aliphatic heterocycles. The first-order valence-electron chi connectivity index (χ1n) is 7.95. The highest BCUT2D eigenvalue weighted by atomic mass is 32.2. The minimum absolute atomic E-state index is 0.331. The van der Waals surface area contributed by atoms with Crippen molar-refractivity contribution >= 4 is 11.8 Å². The molecule has 0 amide bonds. The van der Waals surface area contributed by atoms with Crippen LogP contribution in [0.2, 0.25) is 0 Å². The van der Waals surface area contributed by atoms with Crippen molar-refractivity contribution in [2.75, 3.05) is 0 Å². The zero-order chi connectivity index (χ0) is 17.1. The van der Waals surface area contributed by atoms with E-state index in [0.29, 0.717) is 11.7 Å². The van der Waals surface area contributed by atoms with Gasteiger partial charge in [-0.25, -0.2) is 9.97 Å². The Bertz CT molecular complexity index is 828. The third kappa shape index (κ3) is 3.46. The molecule has 3 heterocycles. The summed E-state index contributed by atoms with van der Waals surface area (Å²) in [6.07, 6.45) is 2.59. The maximum Gasteiger partial charge on any atom is 0.197 e. The summed E-state index contributed by atoms with van der Waals surface area (Å²) in [5, 5.41) is 10.2. The molecule has 0 saturated heterocycles. The lowest BCUT2D eigenvalue weighted by atomic mass is 10.2. The van der Waals surface area contributed by atoms with E-state index in [0.717, 1.165) is 33.8 Å². The lowest BCUT2D eigenvalue weighted by molar-refractivity contribution is 0.679. The minimum atomic E-state index is 0.331. The van der Waals surface area contributed by atoms with Crippen molar-refractivity contribution in [1.82, 2.24) is 29.7 Å². The molecule has 0 aromatic carbocycles. The van der Waals surface area contributed by atoms with E-state index in [1.807, 2.05) is 35.9 Å². The first kappa shape index (κ1) is 16.6. The van der Waals surface area contributed by atoms with Crippen molar-refractivity contribution in [3.8, 4) is 11.5 Å². The van der Waals surface area contributed by atoms with E-state index in [-0.39, 0.29) is 0 Å². The van der Waals surface area contributed by atoms with Crippen LogP contribution in [0.1, 0.15) is 38.2 Å². The van der Waals surface area contributed by atoms with E-state index < -0.39 is 0 Å². The van der Waals surface area contributed by atoms with Crippen LogP contribution in [0.25, 0.3) is 11.5 Å². The molecular formula is C17H20N6S. The molecule has 0 bridgehead atoms. The molecule has 0 radical (unpaired) electrons. The van der Waals surface area contributed by atoms with Crippen molar-refractivity contribution in [1.29, 1.82) is 0 Å². The molecule has 0 aliphatic rings. The molecule has 6 nitrogen and oxygen atoms in total. The topological polar surface area (TPSA) is 69.4 Å². The predicted octanol–water partition coefficient (Wildman–Crippen LogP) is 3.50. The molecule has 0 N–H and O–H groups in total. The van der Waals surface area contributed by atoms with Gasteiger partial charge < -0.3 is 4.57 Å². The summed E-state index contributed by atoms with van der Waals surface area (Å²) in [7, 11) is 1.99. The second kappa shape index (κ2) is 7.09. The summed E-state index contributed by atoms with van der Waals surface area (Å²) in [6, 6.07) is 7.74. The normalized spacial score (nSPS) is 11.2. The minimum Gasteiger partial charge on any atom is -0.309 e. The van der Waals surface area contributed by atoms with Gasteiger partial charge in [-0.05, 0) is 36.4 Å². The molecule has 3 aromatic heterocycles. The van der Waals surface area contributed by atoms with Gasteiger partial charge in [-0.1, -0.05) is 26.8 Å². The number of hydrogen-bond donors (Lipinski definition) is 0. The third-order valence-electron chi connectivity index (χ3n) is 3.59. The van der Waals surface area contributed by atoms with Crippen LogP contribution >= 0.6 is 11.8 Å². The third-order valence-corrected chi connectivity index (χ3v) is 4.55. The van der Waals surface area contributed by atoms with Gasteiger partial charge in [0.25, 0.3) is 0 Å². The van der Waals surface area contributed by atoms with Gasteiger partial charge in [0.05, 0.1) is 0 Å². The molecule has 0 spiro atoms. The van der Waals surface area contributed by atoms with Gasteiger partial charge >= 0.3 is 0 Å². The van der Waals surface area contributed by atoms with Gasteiger partial charge in [-0.15, -0.1) is 10.2 Å². The number of rotatable bonds is 5. The smallest absolute Gasteiger partial charge is 0.197 e. The molecule has 124 valence electrons. The lowest BCUT2D eigenvalue weighted by Gasteiger charge is -2.07. The summed E-state index contributed by atoms with van der Waals surface area (Å²) in [5.41, 5.74) is 1.76. The van der Waals surface area contributed by atoms with Crippen LogP contribution in [0.15, 0.2) is 40.6 Å². The molecule has 24 heavy (non-hydrogen) atoms. The Morgan fingerprint density at radius 2 is 2.00 bits per heavy atom. The van der Waals surface area contributed by atoms with Crippen LogP contribution in [-0.4, -0.2) is 29.7 Å². The number of pyridine rings is 1. The molecule has 7 heteroatoms. The second-order valence-electron chi connectivity index (χ2n) is 5.75. The molecule has 0 atom stereocenters. The molecule has 3 aromatic rings. The van der Waals surface area contributed by atoms with Crippen LogP contribution in [0.5, 0.6) is 0 Å². The van der Waals surface area contributed by atoms with Crippen LogP contribution in [-0.2, 0) is 13.5 Å². The Morgan fingerprint density at radius 1 is 1.17 bits per heavy atom. The van der Waals surface area contributed by atoms with Crippen molar-refractivity contribution in [3.05, 3.63) is 42.0 Å². The SMILES string of the molecule is CCc1cc(Sc2nnc(C(C)C)n2C)nc(-c2ccccn2)n1. The molecule has 0 unspecified atom stereocenters. The molecule has 3 rings (SSSR count). The number of aromatic nitrogens is 6. The Hall–Kier alpha value is -2.28. The Morgan fingerprint density at radius 3 is 2.62 bits per heavy atom. The summed E-state index contributed by atoms with van der Waals surface area (Å²) < 4.78 is 2.02. The molecular weight excluding hydrogens is 320 g/mol. The van der Waals surface area contributed by atoms with Crippen molar-refractivity contribution < 1.29 is 0 Å². The van der Waals surface area contributed by atoms with Gasteiger partial charge in [0.2, 0.25) is 0 Å². The number of nitrogens with zero attached hydrogens (tertiary/aromatic N) is 6. The first-order chi connectivity index (χ1) is 11.6. The zero-order valence-corrected chi connectivity index (χ0v) is 15.1. The first-order valence-corrected chi connectivity index (χ1v) is 8.76. The average molecular weight is 340 g/mol. The highest BCUT2D eigenvalue weighted by Crippen LogP contribution is 2.28. The molecule has 0 aliphatic carbocycles. The monoisotopic (exact) mass is 340 g/mol. The van der Waals surface area contributed by atoms with E-state index in [1.165, 1.54) is 11.8 Å². The maximum absolute atomic E-state index is 4.65. The fourth-order valence-corrected chi connectivity index (χ4v) is 3.15. The highest BCUT2D eigenvalue weighted by Gasteiger charge is 2.15. The summed E-state index contributed by atoms with van der Waals surface area (Å²) in [5.74, 6) is 1.94. The van der Waals surface area contributed by atoms with Gasteiger partial charge in [-0.2, -0.15) is 0 Å². The standard InChI is InChI=1S/C17H20N6S/c1-5-12-10-14(20-15(19-12)13-8-6-7-9-18-13)24-17-22-21-16(11(2)3)23(17)4/h6-11H,5H2,1-4H3. The van der Waals surface area contributed by atoms with Crippen molar-refractivity contribution in [3.63, 3.8) is 0 Å². The second-order valence-corrected chi connectivity index (χ2v) is 6.73. The van der Waals surface area contributed by atoms with E-state index in [9.17, 15) is 0 Å². The van der Waals surface area contributed by atoms with Crippen molar-refractivity contribution in [2.45, 2.75) is 43.3 Å². The lowest BCUT2D eigenvalue weighted by Crippen LogP contribution is -2.02. The maximum atomic E-state index is 4.65. The quantitative estimate of drug-likeness (QED) is 0.662. The van der Waals surface area contributed by atoms with Crippen LogP contribution in [0.4, 0.5) is 0 Å². The van der Waals surface area contributed by atoms with Crippen LogP contribution in [0, 0.1) is 0 Å². The van der Waals surface area contributed by atoms with Crippen LogP contribution in [0.3, 0.4) is 0 Å². The largest absolute Gasteiger partial charge is 0.309 e. The predicted molar refractivity (Wildman–Crippen MR) is 93.9 cm³/mol. The van der Waals surface area contributed by atoms with E-state index in [1.54, 1.807) is 6.20 Å². The number of hydrogen-bond acceptors (Lipinski definition) is 6. The summed E-state index contributed by atoms with van der Waals surface area (Å²) in [4.78, 5) is 13.6. The summed E-state index contributed by atoms with van der Waals surface area (Å²) >= 11 is 1.50. The Labute approximate surface area is 145 Å². The Kier molecular flexibility index (Phi) is 4.89. The molecule has 0 fully saturated rings. The highest BCUT2D eigenvalue weighted by molar-refractivity contribution is 7.99. The van der Waals surface area contributed by atoms with Gasteiger partial charge in [0.1, 0.15) is 16.5 Å². The zero-order valence-electron chi connectivity index (χ0n) is 14.3. The van der Waals surface area contributed by atoms with Crippen LogP contribution < -0.4 is 0 Å². The van der Waals surface area contributed by atoms with E-state index in [2.05, 4.69) is 45.9 Å². The van der Waals surface area contributed by atoms with Gasteiger partial charge in [0, 0.05) is 24.9 Å². The molecule has 0 saturated carbocycles. The average Bonchev–Trinajstić information content (AvgIpc) is 2.96.